The normalized spacial score (nSPS) is 10.8. The molecule has 7 aromatic rings. The molecule has 196 valence electrons. The lowest BCUT2D eigenvalue weighted by atomic mass is 9.96. The van der Waals surface area contributed by atoms with E-state index in [2.05, 4.69) is 65.7 Å². The standard InChI is InChI=1S/C38H24N4/c39-25-26-15-17-27(18-16-26)28-19-21-31(22-20-28)37-38(33-23-24-40-34-14-8-7-13-32(33)34)42-36(30-11-5-2-6-12-30)35(41-37)29-9-3-1-4-10-29/h1-24H. The molecule has 0 aliphatic rings. The van der Waals surface area contributed by atoms with Crippen LogP contribution in [0, 0.1) is 11.3 Å². The molecule has 0 saturated heterocycles. The maximum atomic E-state index is 9.18. The first-order valence-corrected chi connectivity index (χ1v) is 13.8. The van der Waals surface area contributed by atoms with E-state index in [4.69, 9.17) is 9.97 Å². The first-order chi connectivity index (χ1) is 20.8. The summed E-state index contributed by atoms with van der Waals surface area (Å²) in [7, 11) is 0. The average molecular weight is 537 g/mol. The number of pyridine rings is 1. The number of benzene rings is 5. The van der Waals surface area contributed by atoms with Gasteiger partial charge in [0.1, 0.15) is 0 Å². The Hall–Kier alpha value is -5.92. The number of fused-ring (bicyclic) bond motifs is 1. The second kappa shape index (κ2) is 10.9. The second-order valence-corrected chi connectivity index (χ2v) is 9.99. The van der Waals surface area contributed by atoms with Crippen molar-refractivity contribution < 1.29 is 0 Å². The van der Waals surface area contributed by atoms with E-state index in [1.165, 1.54) is 0 Å². The summed E-state index contributed by atoms with van der Waals surface area (Å²) in [6, 6.07) is 48.9. The molecular weight excluding hydrogens is 512 g/mol. The monoisotopic (exact) mass is 536 g/mol. The largest absolute Gasteiger partial charge is 0.256 e. The van der Waals surface area contributed by atoms with E-state index in [0.717, 1.165) is 67.1 Å². The fourth-order valence-electron chi connectivity index (χ4n) is 5.28. The quantitative estimate of drug-likeness (QED) is 0.220. The van der Waals surface area contributed by atoms with Gasteiger partial charge in [-0.05, 0) is 35.4 Å². The number of para-hydroxylation sites is 1. The van der Waals surface area contributed by atoms with Crippen LogP contribution in [0.1, 0.15) is 5.56 Å². The number of nitrogens with zero attached hydrogens (tertiary/aromatic N) is 4. The number of nitriles is 1. The van der Waals surface area contributed by atoms with Crippen molar-refractivity contribution in [1.82, 2.24) is 15.0 Å². The fraction of sp³-hybridized carbons (Fsp3) is 0. The Bertz CT molecular complexity index is 2060. The van der Waals surface area contributed by atoms with Crippen molar-refractivity contribution in [2.75, 3.05) is 0 Å². The first-order valence-electron chi connectivity index (χ1n) is 13.8. The zero-order chi connectivity index (χ0) is 28.3. The van der Waals surface area contributed by atoms with Gasteiger partial charge in [-0.25, -0.2) is 9.97 Å². The minimum Gasteiger partial charge on any atom is -0.256 e. The van der Waals surface area contributed by atoms with Crippen molar-refractivity contribution in [1.29, 1.82) is 5.26 Å². The van der Waals surface area contributed by atoms with Crippen molar-refractivity contribution in [3.05, 3.63) is 151 Å². The van der Waals surface area contributed by atoms with E-state index >= 15 is 0 Å². The van der Waals surface area contributed by atoms with E-state index < -0.39 is 0 Å². The lowest BCUT2D eigenvalue weighted by Crippen LogP contribution is -2.01. The maximum absolute atomic E-state index is 9.18. The molecule has 0 N–H and O–H groups in total. The van der Waals surface area contributed by atoms with Crippen molar-refractivity contribution in [2.24, 2.45) is 0 Å². The Morgan fingerprint density at radius 1 is 0.429 bits per heavy atom. The molecule has 4 nitrogen and oxygen atoms in total. The highest BCUT2D eigenvalue weighted by molar-refractivity contribution is 5.98. The summed E-state index contributed by atoms with van der Waals surface area (Å²) < 4.78 is 0. The number of aromatic nitrogens is 3. The van der Waals surface area contributed by atoms with Crippen molar-refractivity contribution >= 4 is 10.9 Å². The SMILES string of the molecule is N#Cc1ccc(-c2ccc(-c3nc(-c4ccccc4)c(-c4ccccc4)nc3-c3ccnc4ccccc34)cc2)cc1. The summed E-state index contributed by atoms with van der Waals surface area (Å²) in [4.78, 5) is 15.4. The third-order valence-electron chi connectivity index (χ3n) is 7.40. The van der Waals surface area contributed by atoms with Crippen molar-refractivity contribution in [2.45, 2.75) is 0 Å². The molecule has 0 spiro atoms. The van der Waals surface area contributed by atoms with Gasteiger partial charge in [0.05, 0.1) is 39.9 Å². The van der Waals surface area contributed by atoms with Crippen molar-refractivity contribution in [3.8, 4) is 62.2 Å². The van der Waals surface area contributed by atoms with Gasteiger partial charge in [-0.15, -0.1) is 0 Å². The van der Waals surface area contributed by atoms with Gasteiger partial charge < -0.3 is 0 Å². The molecule has 42 heavy (non-hydrogen) atoms. The fourth-order valence-corrected chi connectivity index (χ4v) is 5.28. The molecule has 2 aromatic heterocycles. The predicted octanol–water partition coefficient (Wildman–Crippen LogP) is 9.23. The van der Waals surface area contributed by atoms with E-state index in [1.54, 1.807) is 0 Å². The van der Waals surface area contributed by atoms with Crippen LogP contribution in [0.5, 0.6) is 0 Å². The van der Waals surface area contributed by atoms with Crippen LogP contribution in [0.2, 0.25) is 0 Å². The van der Waals surface area contributed by atoms with Crippen LogP contribution < -0.4 is 0 Å². The van der Waals surface area contributed by atoms with Crippen LogP contribution in [-0.2, 0) is 0 Å². The van der Waals surface area contributed by atoms with Gasteiger partial charge in [0, 0.05) is 33.8 Å². The van der Waals surface area contributed by atoms with Gasteiger partial charge in [-0.3, -0.25) is 4.98 Å². The first kappa shape index (κ1) is 25.1. The molecule has 0 bridgehead atoms. The Balaban J connectivity index is 1.48. The summed E-state index contributed by atoms with van der Waals surface area (Å²) in [5.41, 5.74) is 10.9. The van der Waals surface area contributed by atoms with Gasteiger partial charge in [-0.1, -0.05) is 115 Å². The summed E-state index contributed by atoms with van der Waals surface area (Å²) >= 11 is 0. The molecule has 0 unspecified atom stereocenters. The average Bonchev–Trinajstić information content (AvgIpc) is 3.08. The summed E-state index contributed by atoms with van der Waals surface area (Å²) in [6.07, 6.45) is 1.84. The minimum atomic E-state index is 0.645. The molecule has 0 fully saturated rings. The van der Waals surface area contributed by atoms with E-state index in [1.807, 2.05) is 91.1 Å². The number of rotatable bonds is 5. The third-order valence-corrected chi connectivity index (χ3v) is 7.40. The lowest BCUT2D eigenvalue weighted by molar-refractivity contribution is 1.22. The molecule has 0 aliphatic heterocycles. The van der Waals surface area contributed by atoms with E-state index in [-0.39, 0.29) is 0 Å². The highest BCUT2D eigenvalue weighted by atomic mass is 14.9. The molecule has 0 atom stereocenters. The van der Waals surface area contributed by atoms with Gasteiger partial charge in [-0.2, -0.15) is 5.26 Å². The topological polar surface area (TPSA) is 62.5 Å². The van der Waals surface area contributed by atoms with E-state index in [9.17, 15) is 5.26 Å². The molecule has 7 rings (SSSR count). The predicted molar refractivity (Wildman–Crippen MR) is 169 cm³/mol. The second-order valence-electron chi connectivity index (χ2n) is 9.99. The molecule has 0 radical (unpaired) electrons. The highest BCUT2D eigenvalue weighted by Gasteiger charge is 2.20. The van der Waals surface area contributed by atoms with Gasteiger partial charge in [0.25, 0.3) is 0 Å². The zero-order valence-electron chi connectivity index (χ0n) is 22.6. The molecular formula is C38H24N4. The number of hydrogen-bond donors (Lipinski definition) is 0. The molecule has 0 amide bonds. The Labute approximate surface area is 244 Å². The summed E-state index contributed by atoms with van der Waals surface area (Å²) in [5.74, 6) is 0. The molecule has 4 heteroatoms. The third kappa shape index (κ3) is 4.70. The smallest absolute Gasteiger partial charge is 0.0991 e. The van der Waals surface area contributed by atoms with Gasteiger partial charge >= 0.3 is 0 Å². The zero-order valence-corrected chi connectivity index (χ0v) is 22.6. The molecule has 0 saturated carbocycles. The van der Waals surface area contributed by atoms with Crippen LogP contribution >= 0.6 is 0 Å². The highest BCUT2D eigenvalue weighted by Crippen LogP contribution is 2.39. The minimum absolute atomic E-state index is 0.645. The molecule has 5 aromatic carbocycles. The van der Waals surface area contributed by atoms with Gasteiger partial charge in [0.2, 0.25) is 0 Å². The van der Waals surface area contributed by atoms with Crippen LogP contribution in [0.15, 0.2) is 146 Å². The molecule has 2 heterocycles. The molecule has 0 aliphatic carbocycles. The summed E-state index contributed by atoms with van der Waals surface area (Å²) in [6.45, 7) is 0. The Kier molecular flexibility index (Phi) is 6.52. The number of hydrogen-bond acceptors (Lipinski definition) is 4. The van der Waals surface area contributed by atoms with Crippen LogP contribution in [0.25, 0.3) is 67.1 Å². The van der Waals surface area contributed by atoms with Crippen LogP contribution in [0.3, 0.4) is 0 Å². The van der Waals surface area contributed by atoms with Crippen molar-refractivity contribution in [3.63, 3.8) is 0 Å². The maximum Gasteiger partial charge on any atom is 0.0991 e. The Morgan fingerprint density at radius 3 is 1.52 bits per heavy atom. The van der Waals surface area contributed by atoms with Gasteiger partial charge in [0.15, 0.2) is 0 Å². The lowest BCUT2D eigenvalue weighted by Gasteiger charge is -2.17. The van der Waals surface area contributed by atoms with Crippen LogP contribution in [0.4, 0.5) is 0 Å². The van der Waals surface area contributed by atoms with E-state index in [0.29, 0.717) is 5.56 Å². The van der Waals surface area contributed by atoms with Crippen LogP contribution in [-0.4, -0.2) is 15.0 Å². The summed E-state index contributed by atoms with van der Waals surface area (Å²) in [5, 5.41) is 10.2. The Morgan fingerprint density at radius 2 is 0.905 bits per heavy atom.